The Bertz CT molecular complexity index is 776. The van der Waals surface area contributed by atoms with Gasteiger partial charge in [-0.1, -0.05) is 24.3 Å². The van der Waals surface area contributed by atoms with E-state index < -0.39 is 0 Å². The first-order valence-corrected chi connectivity index (χ1v) is 9.16. The number of hydrogen-bond acceptors (Lipinski definition) is 3. The SMILES string of the molecule is Cc1ccccc1[C@@H](C(=O)N(C)Cc1c(C)nn(C(C)C)c1C)N(C)C. The fourth-order valence-corrected chi connectivity index (χ4v) is 3.48. The summed E-state index contributed by atoms with van der Waals surface area (Å²) in [7, 11) is 5.79. The third-order valence-corrected chi connectivity index (χ3v) is 4.97. The van der Waals surface area contributed by atoms with Crippen LogP contribution in [-0.2, 0) is 11.3 Å². The van der Waals surface area contributed by atoms with Crippen molar-refractivity contribution in [3.05, 3.63) is 52.3 Å². The number of carbonyl (C=O) groups excluding carboxylic acids is 1. The van der Waals surface area contributed by atoms with Gasteiger partial charge in [0.1, 0.15) is 6.04 Å². The van der Waals surface area contributed by atoms with Gasteiger partial charge in [-0.25, -0.2) is 0 Å². The van der Waals surface area contributed by atoms with Crippen LogP contribution in [0.4, 0.5) is 0 Å². The molecule has 26 heavy (non-hydrogen) atoms. The molecule has 0 aliphatic heterocycles. The van der Waals surface area contributed by atoms with Gasteiger partial charge in [0.15, 0.2) is 0 Å². The highest BCUT2D eigenvalue weighted by molar-refractivity contribution is 5.83. The van der Waals surface area contributed by atoms with E-state index in [9.17, 15) is 4.79 Å². The van der Waals surface area contributed by atoms with Gasteiger partial charge in [0.2, 0.25) is 5.91 Å². The van der Waals surface area contributed by atoms with Gasteiger partial charge in [-0.05, 0) is 59.8 Å². The Balaban J connectivity index is 2.30. The predicted molar refractivity (Wildman–Crippen MR) is 106 cm³/mol. The minimum atomic E-state index is -0.290. The number of aromatic nitrogens is 2. The molecule has 1 aromatic carbocycles. The lowest BCUT2D eigenvalue weighted by Gasteiger charge is -2.29. The van der Waals surface area contributed by atoms with E-state index in [0.29, 0.717) is 12.6 Å². The van der Waals surface area contributed by atoms with Crippen LogP contribution in [-0.4, -0.2) is 46.6 Å². The van der Waals surface area contributed by atoms with Crippen molar-refractivity contribution >= 4 is 5.91 Å². The van der Waals surface area contributed by atoms with E-state index in [2.05, 4.69) is 38.9 Å². The third-order valence-electron chi connectivity index (χ3n) is 4.97. The third kappa shape index (κ3) is 3.98. The van der Waals surface area contributed by atoms with E-state index in [1.165, 1.54) is 0 Å². The summed E-state index contributed by atoms with van der Waals surface area (Å²) in [5, 5.41) is 4.64. The average molecular weight is 357 g/mol. The molecule has 5 heteroatoms. The lowest BCUT2D eigenvalue weighted by atomic mass is 9.99. The molecule has 0 fully saturated rings. The molecule has 0 saturated carbocycles. The predicted octanol–water partition coefficient (Wildman–Crippen LogP) is 3.65. The quantitative estimate of drug-likeness (QED) is 0.793. The summed E-state index contributed by atoms with van der Waals surface area (Å²) in [5.74, 6) is 0.0976. The summed E-state index contributed by atoms with van der Waals surface area (Å²) in [6.45, 7) is 11.0. The topological polar surface area (TPSA) is 41.4 Å². The van der Waals surface area contributed by atoms with Crippen molar-refractivity contribution in [2.45, 2.75) is 53.2 Å². The van der Waals surface area contributed by atoms with E-state index in [1.807, 2.05) is 60.7 Å². The molecule has 0 bridgehead atoms. The second kappa shape index (κ2) is 8.04. The smallest absolute Gasteiger partial charge is 0.244 e. The Morgan fingerprint density at radius 3 is 2.23 bits per heavy atom. The molecule has 0 spiro atoms. The van der Waals surface area contributed by atoms with Crippen LogP contribution in [0.2, 0.25) is 0 Å². The number of carbonyl (C=O) groups is 1. The summed E-state index contributed by atoms with van der Waals surface area (Å²) in [6, 6.07) is 8.12. The zero-order valence-corrected chi connectivity index (χ0v) is 17.4. The zero-order chi connectivity index (χ0) is 19.6. The monoisotopic (exact) mass is 356 g/mol. The molecular weight excluding hydrogens is 324 g/mol. The molecule has 0 aliphatic rings. The largest absolute Gasteiger partial charge is 0.340 e. The number of likely N-dealkylation sites (N-methyl/N-ethyl adjacent to an activating group) is 2. The zero-order valence-electron chi connectivity index (χ0n) is 17.4. The second-order valence-corrected chi connectivity index (χ2v) is 7.60. The highest BCUT2D eigenvalue weighted by atomic mass is 16.2. The number of benzene rings is 1. The van der Waals surface area contributed by atoms with Gasteiger partial charge in [0.25, 0.3) is 0 Å². The van der Waals surface area contributed by atoms with Crippen LogP contribution in [0.1, 0.15) is 54.0 Å². The number of amides is 1. The van der Waals surface area contributed by atoms with Gasteiger partial charge in [-0.3, -0.25) is 14.4 Å². The first kappa shape index (κ1) is 20.2. The van der Waals surface area contributed by atoms with E-state index in [1.54, 1.807) is 0 Å². The highest BCUT2D eigenvalue weighted by Crippen LogP contribution is 2.25. The molecule has 0 unspecified atom stereocenters. The molecule has 1 atom stereocenters. The van der Waals surface area contributed by atoms with Crippen LogP contribution in [0.25, 0.3) is 0 Å². The molecule has 0 radical (unpaired) electrons. The number of nitrogens with zero attached hydrogens (tertiary/aromatic N) is 4. The van der Waals surface area contributed by atoms with E-state index >= 15 is 0 Å². The first-order chi connectivity index (χ1) is 12.1. The summed E-state index contributed by atoms with van der Waals surface area (Å²) in [6.07, 6.45) is 0. The van der Waals surface area contributed by atoms with Crippen molar-refractivity contribution in [1.82, 2.24) is 19.6 Å². The van der Waals surface area contributed by atoms with Crippen molar-refractivity contribution in [2.75, 3.05) is 21.1 Å². The summed E-state index contributed by atoms with van der Waals surface area (Å²) in [5.41, 5.74) is 5.45. The molecule has 142 valence electrons. The Kier molecular flexibility index (Phi) is 6.24. The number of aryl methyl sites for hydroxylation is 2. The fourth-order valence-electron chi connectivity index (χ4n) is 3.48. The van der Waals surface area contributed by atoms with Gasteiger partial charge in [-0.2, -0.15) is 5.10 Å². The number of rotatable bonds is 6. The lowest BCUT2D eigenvalue weighted by molar-refractivity contribution is -0.135. The minimum Gasteiger partial charge on any atom is -0.340 e. The van der Waals surface area contributed by atoms with Crippen molar-refractivity contribution in [3.8, 4) is 0 Å². The van der Waals surface area contributed by atoms with E-state index in [0.717, 1.165) is 28.1 Å². The van der Waals surface area contributed by atoms with Crippen LogP contribution in [0.3, 0.4) is 0 Å². The maximum Gasteiger partial charge on any atom is 0.244 e. The molecule has 1 amide bonds. The second-order valence-electron chi connectivity index (χ2n) is 7.60. The van der Waals surface area contributed by atoms with Crippen molar-refractivity contribution in [3.63, 3.8) is 0 Å². The molecule has 0 N–H and O–H groups in total. The number of hydrogen-bond donors (Lipinski definition) is 0. The van der Waals surface area contributed by atoms with Crippen LogP contribution < -0.4 is 0 Å². The molecule has 5 nitrogen and oxygen atoms in total. The van der Waals surface area contributed by atoms with E-state index in [-0.39, 0.29) is 11.9 Å². The van der Waals surface area contributed by atoms with Crippen molar-refractivity contribution in [2.24, 2.45) is 0 Å². The van der Waals surface area contributed by atoms with Gasteiger partial charge in [-0.15, -0.1) is 0 Å². The fraction of sp³-hybridized carbons (Fsp3) is 0.524. The molecule has 2 rings (SSSR count). The molecular formula is C21H32N4O. The van der Waals surface area contributed by atoms with Crippen LogP contribution >= 0.6 is 0 Å². The van der Waals surface area contributed by atoms with Crippen molar-refractivity contribution < 1.29 is 4.79 Å². The standard InChI is InChI=1S/C21H32N4O/c1-14(2)25-17(5)19(16(4)22-25)13-24(8)21(26)20(23(6)7)18-12-10-9-11-15(18)3/h9-12,14,20H,13H2,1-8H3/t20-/m0/s1. The van der Waals surface area contributed by atoms with Gasteiger partial charge in [0, 0.05) is 30.9 Å². The molecule has 0 aliphatic carbocycles. The Morgan fingerprint density at radius 2 is 1.73 bits per heavy atom. The maximum atomic E-state index is 13.3. The summed E-state index contributed by atoms with van der Waals surface area (Å²) < 4.78 is 2.04. The normalized spacial score (nSPS) is 12.7. The Labute approximate surface area is 157 Å². The first-order valence-electron chi connectivity index (χ1n) is 9.16. The lowest BCUT2D eigenvalue weighted by Crippen LogP contribution is -2.38. The van der Waals surface area contributed by atoms with Crippen LogP contribution in [0.15, 0.2) is 24.3 Å². The van der Waals surface area contributed by atoms with Gasteiger partial charge in [0.05, 0.1) is 5.69 Å². The van der Waals surface area contributed by atoms with Gasteiger partial charge >= 0.3 is 0 Å². The summed E-state index contributed by atoms with van der Waals surface area (Å²) in [4.78, 5) is 17.1. The Hall–Kier alpha value is -2.14. The highest BCUT2D eigenvalue weighted by Gasteiger charge is 2.28. The molecule has 1 aromatic heterocycles. The maximum absolute atomic E-state index is 13.3. The van der Waals surface area contributed by atoms with E-state index in [4.69, 9.17) is 0 Å². The molecule has 1 heterocycles. The molecule has 0 saturated heterocycles. The van der Waals surface area contributed by atoms with Gasteiger partial charge < -0.3 is 4.90 Å². The Morgan fingerprint density at radius 1 is 1.12 bits per heavy atom. The minimum absolute atomic E-state index is 0.0976. The van der Waals surface area contributed by atoms with Crippen LogP contribution in [0, 0.1) is 20.8 Å². The van der Waals surface area contributed by atoms with Crippen molar-refractivity contribution in [1.29, 1.82) is 0 Å². The average Bonchev–Trinajstić information content (AvgIpc) is 2.84. The summed E-state index contributed by atoms with van der Waals surface area (Å²) >= 11 is 0. The van der Waals surface area contributed by atoms with Crippen LogP contribution in [0.5, 0.6) is 0 Å². The molecule has 2 aromatic rings.